The Morgan fingerprint density at radius 3 is 2.80 bits per heavy atom. The Balaban J connectivity index is 1.32. The quantitative estimate of drug-likeness (QED) is 0.519. The van der Waals surface area contributed by atoms with Crippen molar-refractivity contribution in [3.8, 4) is 11.4 Å². The molecule has 7 heteroatoms. The molecular weight excluding hydrogens is 449 g/mol. The maximum absolute atomic E-state index is 13.7. The summed E-state index contributed by atoms with van der Waals surface area (Å²) in [7, 11) is 0. The minimum Gasteiger partial charge on any atom is -0.355 e. The molecule has 1 heterocycles. The summed E-state index contributed by atoms with van der Waals surface area (Å²) in [5.74, 6) is 0.338. The number of hydrogen-bond donors (Lipinski definition) is 1. The molecule has 1 aliphatic carbocycles. The number of aromatic nitrogens is 2. The largest absolute Gasteiger partial charge is 0.355 e. The third kappa shape index (κ3) is 4.46. The predicted molar refractivity (Wildman–Crippen MR) is 115 cm³/mol. The number of halogens is 2. The minimum absolute atomic E-state index is 0.0204. The van der Waals surface area contributed by atoms with Gasteiger partial charge in [-0.25, -0.2) is 4.39 Å². The second kappa shape index (κ2) is 8.68. The van der Waals surface area contributed by atoms with Gasteiger partial charge in [-0.3, -0.25) is 4.79 Å². The van der Waals surface area contributed by atoms with Gasteiger partial charge in [0.1, 0.15) is 5.82 Å². The molecule has 0 bridgehead atoms. The van der Waals surface area contributed by atoms with E-state index in [4.69, 9.17) is 4.52 Å². The standard InChI is InChI=1S/C23H23BrFN3O2/c1-15-6-7-16(12-19(15)25)22-27-21(30-28-22)9-8-20(29)26-14-23(10-3-11-23)17-4-2-5-18(24)13-17/h2,4-7,12-13H,3,8-11,14H2,1H3,(H,26,29). The van der Waals surface area contributed by atoms with E-state index in [1.165, 1.54) is 18.1 Å². The van der Waals surface area contributed by atoms with Crippen molar-refractivity contribution in [1.29, 1.82) is 0 Å². The molecule has 0 radical (unpaired) electrons. The molecule has 1 N–H and O–H groups in total. The Morgan fingerprint density at radius 1 is 1.27 bits per heavy atom. The highest BCUT2D eigenvalue weighted by Crippen LogP contribution is 2.43. The fourth-order valence-electron chi connectivity index (χ4n) is 3.77. The summed E-state index contributed by atoms with van der Waals surface area (Å²) in [4.78, 5) is 16.7. The highest BCUT2D eigenvalue weighted by Gasteiger charge is 2.38. The lowest BCUT2D eigenvalue weighted by Crippen LogP contribution is -2.45. The second-order valence-corrected chi connectivity index (χ2v) is 8.81. The van der Waals surface area contributed by atoms with Gasteiger partial charge in [0.05, 0.1) is 0 Å². The summed E-state index contributed by atoms with van der Waals surface area (Å²) in [6, 6.07) is 13.1. The zero-order chi connectivity index (χ0) is 21.1. The van der Waals surface area contributed by atoms with Crippen LogP contribution in [0.2, 0.25) is 0 Å². The molecule has 1 aromatic heterocycles. The number of nitrogens with zero attached hydrogens (tertiary/aromatic N) is 2. The summed E-state index contributed by atoms with van der Waals surface area (Å²) in [6.45, 7) is 2.32. The normalized spacial score (nSPS) is 14.9. The molecule has 0 saturated heterocycles. The van der Waals surface area contributed by atoms with Crippen LogP contribution in [-0.2, 0) is 16.6 Å². The van der Waals surface area contributed by atoms with Gasteiger partial charge in [-0.05, 0) is 49.1 Å². The van der Waals surface area contributed by atoms with E-state index in [1.807, 2.05) is 12.1 Å². The van der Waals surface area contributed by atoms with Crippen molar-refractivity contribution in [2.45, 2.75) is 44.4 Å². The lowest BCUT2D eigenvalue weighted by atomic mass is 9.64. The lowest BCUT2D eigenvalue weighted by Gasteiger charge is -2.42. The van der Waals surface area contributed by atoms with Crippen LogP contribution in [0.4, 0.5) is 4.39 Å². The first-order chi connectivity index (χ1) is 14.4. The number of amides is 1. The molecule has 0 aliphatic heterocycles. The van der Waals surface area contributed by atoms with Crippen LogP contribution in [0.15, 0.2) is 51.5 Å². The topological polar surface area (TPSA) is 68.0 Å². The number of hydrogen-bond acceptors (Lipinski definition) is 4. The maximum Gasteiger partial charge on any atom is 0.227 e. The third-order valence-corrected chi connectivity index (χ3v) is 6.33. The van der Waals surface area contributed by atoms with E-state index in [9.17, 15) is 9.18 Å². The van der Waals surface area contributed by atoms with Crippen LogP contribution in [0.5, 0.6) is 0 Å². The van der Waals surface area contributed by atoms with Gasteiger partial charge in [0.2, 0.25) is 17.6 Å². The molecule has 156 valence electrons. The zero-order valence-electron chi connectivity index (χ0n) is 16.8. The van der Waals surface area contributed by atoms with Crippen LogP contribution in [-0.4, -0.2) is 22.6 Å². The second-order valence-electron chi connectivity index (χ2n) is 7.90. The van der Waals surface area contributed by atoms with Crippen molar-refractivity contribution in [2.75, 3.05) is 6.54 Å². The van der Waals surface area contributed by atoms with Gasteiger partial charge in [0.25, 0.3) is 0 Å². The number of nitrogens with one attached hydrogen (secondary N) is 1. The molecule has 1 saturated carbocycles. The van der Waals surface area contributed by atoms with Crippen molar-refractivity contribution in [2.24, 2.45) is 0 Å². The number of rotatable bonds is 7. The van der Waals surface area contributed by atoms with Crippen LogP contribution in [0.1, 0.15) is 42.7 Å². The van der Waals surface area contributed by atoms with E-state index in [2.05, 4.69) is 43.5 Å². The summed E-state index contributed by atoms with van der Waals surface area (Å²) in [5.41, 5.74) is 2.40. The van der Waals surface area contributed by atoms with Gasteiger partial charge < -0.3 is 9.84 Å². The van der Waals surface area contributed by atoms with Crippen molar-refractivity contribution >= 4 is 21.8 Å². The Morgan fingerprint density at radius 2 is 2.10 bits per heavy atom. The first-order valence-electron chi connectivity index (χ1n) is 10.1. The monoisotopic (exact) mass is 471 g/mol. The Bertz CT molecular complexity index is 1060. The molecule has 5 nitrogen and oxygen atoms in total. The third-order valence-electron chi connectivity index (χ3n) is 5.84. The lowest BCUT2D eigenvalue weighted by molar-refractivity contribution is -0.121. The van der Waals surface area contributed by atoms with Crippen LogP contribution in [0, 0.1) is 12.7 Å². The maximum atomic E-state index is 13.7. The molecule has 2 aromatic carbocycles. The zero-order valence-corrected chi connectivity index (χ0v) is 18.3. The molecule has 0 unspecified atom stereocenters. The highest BCUT2D eigenvalue weighted by atomic mass is 79.9. The van der Waals surface area contributed by atoms with Gasteiger partial charge in [0.15, 0.2) is 0 Å². The van der Waals surface area contributed by atoms with E-state index in [0.717, 1.165) is 17.3 Å². The molecule has 0 spiro atoms. The fraction of sp³-hybridized carbons (Fsp3) is 0.348. The average Bonchev–Trinajstić information content (AvgIpc) is 3.17. The Kier molecular flexibility index (Phi) is 5.99. The summed E-state index contributed by atoms with van der Waals surface area (Å²) in [6.07, 6.45) is 3.93. The Hall–Kier alpha value is -2.54. The number of benzene rings is 2. The first kappa shape index (κ1) is 20.7. The van der Waals surface area contributed by atoms with E-state index >= 15 is 0 Å². The highest BCUT2D eigenvalue weighted by molar-refractivity contribution is 9.10. The van der Waals surface area contributed by atoms with Crippen LogP contribution < -0.4 is 5.32 Å². The number of aryl methyl sites for hydroxylation is 2. The van der Waals surface area contributed by atoms with E-state index in [-0.39, 0.29) is 23.6 Å². The first-order valence-corrected chi connectivity index (χ1v) is 10.9. The van der Waals surface area contributed by atoms with Gasteiger partial charge >= 0.3 is 0 Å². The van der Waals surface area contributed by atoms with Crippen molar-refractivity contribution < 1.29 is 13.7 Å². The molecule has 1 amide bonds. The number of carbonyl (C=O) groups excluding carboxylic acids is 1. The van der Waals surface area contributed by atoms with Crippen LogP contribution >= 0.6 is 15.9 Å². The van der Waals surface area contributed by atoms with E-state index in [0.29, 0.717) is 35.8 Å². The fourth-order valence-corrected chi connectivity index (χ4v) is 4.17. The van der Waals surface area contributed by atoms with E-state index < -0.39 is 0 Å². The average molecular weight is 472 g/mol. The smallest absolute Gasteiger partial charge is 0.227 e. The van der Waals surface area contributed by atoms with Crippen LogP contribution in [0.25, 0.3) is 11.4 Å². The summed E-state index contributed by atoms with van der Waals surface area (Å²) in [5, 5.41) is 6.97. The van der Waals surface area contributed by atoms with Crippen molar-refractivity contribution in [1.82, 2.24) is 15.5 Å². The molecular formula is C23H23BrFN3O2. The van der Waals surface area contributed by atoms with Gasteiger partial charge in [-0.2, -0.15) is 4.98 Å². The molecule has 3 aromatic rings. The van der Waals surface area contributed by atoms with Gasteiger partial charge in [-0.15, -0.1) is 0 Å². The van der Waals surface area contributed by atoms with Gasteiger partial charge in [0, 0.05) is 34.8 Å². The summed E-state index contributed by atoms with van der Waals surface area (Å²) < 4.78 is 20.0. The Labute approximate surface area is 183 Å². The van der Waals surface area contributed by atoms with Crippen LogP contribution in [0.3, 0.4) is 0 Å². The molecule has 1 fully saturated rings. The minimum atomic E-state index is -0.311. The van der Waals surface area contributed by atoms with Gasteiger partial charge in [-0.1, -0.05) is 51.8 Å². The molecule has 1 aliphatic rings. The molecule has 4 rings (SSSR count). The predicted octanol–water partition coefficient (Wildman–Crippen LogP) is 5.12. The SMILES string of the molecule is Cc1ccc(-c2noc(CCC(=O)NCC3(c4cccc(Br)c4)CCC3)n2)cc1F. The molecule has 30 heavy (non-hydrogen) atoms. The molecule has 0 atom stereocenters. The van der Waals surface area contributed by atoms with Crippen molar-refractivity contribution in [3.05, 3.63) is 69.8 Å². The van der Waals surface area contributed by atoms with Crippen molar-refractivity contribution in [3.63, 3.8) is 0 Å². The van der Waals surface area contributed by atoms with E-state index in [1.54, 1.807) is 19.1 Å². The summed E-state index contributed by atoms with van der Waals surface area (Å²) >= 11 is 3.53. The number of carbonyl (C=O) groups is 1.